The van der Waals surface area contributed by atoms with Gasteiger partial charge in [-0.25, -0.2) is 4.98 Å². The summed E-state index contributed by atoms with van der Waals surface area (Å²) in [4.78, 5) is 6.58. The SMILES string of the molecule is N#Cc1cccc(N2CCc3cccc(Br)c3C2)n1. The van der Waals surface area contributed by atoms with Crippen LogP contribution in [-0.4, -0.2) is 11.5 Å². The first-order valence-electron chi connectivity index (χ1n) is 6.16. The van der Waals surface area contributed by atoms with Gasteiger partial charge in [-0.15, -0.1) is 0 Å². The molecule has 0 fully saturated rings. The number of nitriles is 1. The van der Waals surface area contributed by atoms with Gasteiger partial charge >= 0.3 is 0 Å². The molecule has 0 radical (unpaired) electrons. The Morgan fingerprint density at radius 2 is 2.05 bits per heavy atom. The number of anilines is 1. The molecule has 0 saturated heterocycles. The number of pyridine rings is 1. The first kappa shape index (κ1) is 12.2. The van der Waals surface area contributed by atoms with Crippen molar-refractivity contribution in [1.82, 2.24) is 4.98 Å². The van der Waals surface area contributed by atoms with Gasteiger partial charge in [-0.05, 0) is 35.7 Å². The molecule has 0 saturated carbocycles. The molecule has 3 rings (SSSR count). The molecule has 2 aromatic rings. The fraction of sp³-hybridized carbons (Fsp3) is 0.200. The third-order valence-corrected chi connectivity index (χ3v) is 4.13. The Morgan fingerprint density at radius 1 is 1.21 bits per heavy atom. The molecule has 0 amide bonds. The van der Waals surface area contributed by atoms with E-state index in [2.05, 4.69) is 50.1 Å². The van der Waals surface area contributed by atoms with Crippen molar-refractivity contribution in [3.63, 3.8) is 0 Å². The van der Waals surface area contributed by atoms with Crippen molar-refractivity contribution >= 4 is 21.7 Å². The van der Waals surface area contributed by atoms with E-state index in [1.54, 1.807) is 6.07 Å². The summed E-state index contributed by atoms with van der Waals surface area (Å²) in [6.45, 7) is 1.77. The molecule has 4 heteroatoms. The summed E-state index contributed by atoms with van der Waals surface area (Å²) in [5.41, 5.74) is 3.18. The van der Waals surface area contributed by atoms with Crippen LogP contribution in [0.5, 0.6) is 0 Å². The maximum Gasteiger partial charge on any atom is 0.142 e. The van der Waals surface area contributed by atoms with E-state index in [9.17, 15) is 0 Å². The first-order valence-corrected chi connectivity index (χ1v) is 6.95. The van der Waals surface area contributed by atoms with Gasteiger partial charge in [0, 0.05) is 17.6 Å². The first-order chi connectivity index (χ1) is 9.28. The van der Waals surface area contributed by atoms with Crippen molar-refractivity contribution in [2.75, 3.05) is 11.4 Å². The summed E-state index contributed by atoms with van der Waals surface area (Å²) < 4.78 is 1.14. The topological polar surface area (TPSA) is 39.9 Å². The number of aromatic nitrogens is 1. The largest absolute Gasteiger partial charge is 0.352 e. The van der Waals surface area contributed by atoms with Crippen molar-refractivity contribution in [3.8, 4) is 6.07 Å². The Balaban J connectivity index is 1.93. The lowest BCUT2D eigenvalue weighted by Gasteiger charge is -2.30. The third-order valence-electron chi connectivity index (χ3n) is 3.39. The van der Waals surface area contributed by atoms with Crippen LogP contribution in [0.2, 0.25) is 0 Å². The lowest BCUT2D eigenvalue weighted by atomic mass is 10.00. The second-order valence-electron chi connectivity index (χ2n) is 4.54. The minimum atomic E-state index is 0.468. The van der Waals surface area contributed by atoms with Gasteiger partial charge in [0.2, 0.25) is 0 Å². The maximum atomic E-state index is 8.92. The van der Waals surface area contributed by atoms with Crippen LogP contribution < -0.4 is 4.90 Å². The Bertz CT molecular complexity index is 661. The summed E-state index contributed by atoms with van der Waals surface area (Å²) in [7, 11) is 0. The quantitative estimate of drug-likeness (QED) is 0.811. The standard InChI is InChI=1S/C15H12BrN3/c16-14-5-1-3-11-7-8-19(10-13(11)14)15-6-2-4-12(9-17)18-15/h1-6H,7-8,10H2. The Kier molecular flexibility index (Phi) is 3.22. The van der Waals surface area contributed by atoms with Crippen molar-refractivity contribution in [3.05, 3.63) is 57.7 Å². The van der Waals surface area contributed by atoms with Crippen LogP contribution in [0.4, 0.5) is 5.82 Å². The van der Waals surface area contributed by atoms with Crippen molar-refractivity contribution in [2.24, 2.45) is 0 Å². The summed E-state index contributed by atoms with van der Waals surface area (Å²) in [5.74, 6) is 0.875. The maximum absolute atomic E-state index is 8.92. The minimum absolute atomic E-state index is 0.468. The predicted molar refractivity (Wildman–Crippen MR) is 77.8 cm³/mol. The average molecular weight is 314 g/mol. The van der Waals surface area contributed by atoms with Gasteiger partial charge in [-0.2, -0.15) is 5.26 Å². The number of nitrogens with zero attached hydrogens (tertiary/aromatic N) is 3. The predicted octanol–water partition coefficient (Wildman–Crippen LogP) is 3.28. The van der Waals surface area contributed by atoms with Gasteiger partial charge in [0.05, 0.1) is 0 Å². The molecule has 2 heterocycles. The molecule has 0 bridgehead atoms. The third kappa shape index (κ3) is 2.34. The number of halogens is 1. The normalized spacial score (nSPS) is 13.8. The molecule has 1 aromatic heterocycles. The van der Waals surface area contributed by atoms with E-state index in [-0.39, 0.29) is 0 Å². The summed E-state index contributed by atoms with van der Waals surface area (Å²) in [6, 6.07) is 14.0. The van der Waals surface area contributed by atoms with Crippen LogP contribution in [0, 0.1) is 11.3 Å². The van der Waals surface area contributed by atoms with Crippen LogP contribution in [-0.2, 0) is 13.0 Å². The number of hydrogen-bond donors (Lipinski definition) is 0. The van der Waals surface area contributed by atoms with Gasteiger partial charge in [0.15, 0.2) is 0 Å². The van der Waals surface area contributed by atoms with Gasteiger partial charge in [-0.1, -0.05) is 34.1 Å². The lowest BCUT2D eigenvalue weighted by molar-refractivity contribution is 0.718. The smallest absolute Gasteiger partial charge is 0.142 e. The zero-order chi connectivity index (χ0) is 13.2. The van der Waals surface area contributed by atoms with E-state index in [1.807, 2.05) is 12.1 Å². The molecule has 3 nitrogen and oxygen atoms in total. The molecule has 1 aliphatic heterocycles. The molecule has 19 heavy (non-hydrogen) atoms. The number of benzene rings is 1. The molecule has 0 atom stereocenters. The zero-order valence-electron chi connectivity index (χ0n) is 10.3. The number of fused-ring (bicyclic) bond motifs is 1. The van der Waals surface area contributed by atoms with Gasteiger partial charge < -0.3 is 4.90 Å². The highest BCUT2D eigenvalue weighted by molar-refractivity contribution is 9.10. The van der Waals surface area contributed by atoms with Crippen LogP contribution in [0.25, 0.3) is 0 Å². The Labute approximate surface area is 120 Å². The zero-order valence-corrected chi connectivity index (χ0v) is 11.9. The highest BCUT2D eigenvalue weighted by Gasteiger charge is 2.19. The molecule has 0 N–H and O–H groups in total. The molecule has 0 aliphatic carbocycles. The fourth-order valence-electron chi connectivity index (χ4n) is 2.40. The monoisotopic (exact) mass is 313 g/mol. The van der Waals surface area contributed by atoms with E-state index in [0.717, 1.165) is 29.8 Å². The van der Waals surface area contributed by atoms with Crippen LogP contribution in [0.3, 0.4) is 0 Å². The van der Waals surface area contributed by atoms with E-state index in [0.29, 0.717) is 5.69 Å². The van der Waals surface area contributed by atoms with E-state index in [1.165, 1.54) is 11.1 Å². The van der Waals surface area contributed by atoms with E-state index < -0.39 is 0 Å². The number of rotatable bonds is 1. The van der Waals surface area contributed by atoms with Gasteiger partial charge in [0.25, 0.3) is 0 Å². The molecular weight excluding hydrogens is 302 g/mol. The summed E-state index contributed by atoms with van der Waals surface area (Å²) in [5, 5.41) is 8.92. The van der Waals surface area contributed by atoms with Gasteiger partial charge in [-0.3, -0.25) is 0 Å². The highest BCUT2D eigenvalue weighted by Crippen LogP contribution is 2.28. The summed E-state index contributed by atoms with van der Waals surface area (Å²) >= 11 is 3.61. The molecule has 0 unspecified atom stereocenters. The lowest BCUT2D eigenvalue weighted by Crippen LogP contribution is -2.31. The molecule has 94 valence electrons. The average Bonchev–Trinajstić information content (AvgIpc) is 2.47. The van der Waals surface area contributed by atoms with Crippen LogP contribution >= 0.6 is 15.9 Å². The molecule has 1 aliphatic rings. The molecular formula is C15H12BrN3. The fourth-order valence-corrected chi connectivity index (χ4v) is 2.93. The summed E-state index contributed by atoms with van der Waals surface area (Å²) in [6.07, 6.45) is 1.01. The van der Waals surface area contributed by atoms with Crippen molar-refractivity contribution < 1.29 is 0 Å². The molecule has 0 spiro atoms. The highest BCUT2D eigenvalue weighted by atomic mass is 79.9. The second-order valence-corrected chi connectivity index (χ2v) is 5.40. The van der Waals surface area contributed by atoms with E-state index >= 15 is 0 Å². The van der Waals surface area contributed by atoms with Crippen LogP contribution in [0.1, 0.15) is 16.8 Å². The molecule has 1 aromatic carbocycles. The van der Waals surface area contributed by atoms with Crippen molar-refractivity contribution in [2.45, 2.75) is 13.0 Å². The van der Waals surface area contributed by atoms with Crippen LogP contribution in [0.15, 0.2) is 40.9 Å². The second kappa shape index (κ2) is 5.02. The Morgan fingerprint density at radius 3 is 2.89 bits per heavy atom. The number of hydrogen-bond acceptors (Lipinski definition) is 3. The minimum Gasteiger partial charge on any atom is -0.352 e. The van der Waals surface area contributed by atoms with E-state index in [4.69, 9.17) is 5.26 Å². The van der Waals surface area contributed by atoms with Crippen molar-refractivity contribution in [1.29, 1.82) is 5.26 Å². The van der Waals surface area contributed by atoms with Gasteiger partial charge in [0.1, 0.15) is 17.6 Å². The Hall–Kier alpha value is -1.86.